The number of ether oxygens (including phenoxy) is 2. The monoisotopic (exact) mass is 426 g/mol. The van der Waals surface area contributed by atoms with Crippen molar-refractivity contribution in [3.63, 3.8) is 0 Å². The standard InChI is InChI=1S/C20H21F3N2O3S/c1-6-13(9-8-12(3)28-20(21,22)23)14-10-15(19(26)27-7-2)18(29-5)17-16(14)24-11-25(17)4/h6,8-11H,1,7H2,2-5H3/b12-8+,13-9+. The van der Waals surface area contributed by atoms with Gasteiger partial charge in [-0.15, -0.1) is 24.9 Å². The number of esters is 1. The van der Waals surface area contributed by atoms with E-state index in [9.17, 15) is 18.0 Å². The summed E-state index contributed by atoms with van der Waals surface area (Å²) < 4.78 is 47.9. The number of halogens is 3. The number of imidazole rings is 1. The van der Waals surface area contributed by atoms with E-state index >= 15 is 0 Å². The number of fused-ring (bicyclic) bond motifs is 1. The molecule has 2 rings (SSSR count). The van der Waals surface area contributed by atoms with Crippen LogP contribution in [-0.4, -0.2) is 34.7 Å². The third-order valence-corrected chi connectivity index (χ3v) is 4.77. The summed E-state index contributed by atoms with van der Waals surface area (Å²) in [6.45, 7) is 6.86. The van der Waals surface area contributed by atoms with Gasteiger partial charge in [0.25, 0.3) is 0 Å². The summed E-state index contributed by atoms with van der Waals surface area (Å²) in [7, 11) is 1.80. The fourth-order valence-corrected chi connectivity index (χ4v) is 3.58. The van der Waals surface area contributed by atoms with Crippen LogP contribution in [0.1, 0.15) is 29.8 Å². The number of carbonyl (C=O) groups is 1. The van der Waals surface area contributed by atoms with Crippen molar-refractivity contribution in [1.82, 2.24) is 9.55 Å². The molecular weight excluding hydrogens is 405 g/mol. The van der Waals surface area contributed by atoms with Crippen molar-refractivity contribution in [3.8, 4) is 0 Å². The van der Waals surface area contributed by atoms with Crippen LogP contribution < -0.4 is 0 Å². The first-order valence-corrected chi connectivity index (χ1v) is 9.81. The molecule has 0 spiro atoms. The van der Waals surface area contributed by atoms with Crippen molar-refractivity contribution < 1.29 is 27.4 Å². The lowest BCUT2D eigenvalue weighted by Gasteiger charge is -2.13. The molecule has 0 unspecified atom stereocenters. The van der Waals surface area contributed by atoms with Crippen LogP contribution in [0.25, 0.3) is 16.6 Å². The van der Waals surface area contributed by atoms with E-state index in [1.807, 2.05) is 6.26 Å². The molecule has 0 amide bonds. The minimum absolute atomic E-state index is 0.215. The van der Waals surface area contributed by atoms with E-state index in [4.69, 9.17) is 4.74 Å². The third-order valence-electron chi connectivity index (χ3n) is 3.95. The summed E-state index contributed by atoms with van der Waals surface area (Å²) >= 11 is 1.39. The first-order chi connectivity index (χ1) is 13.6. The lowest BCUT2D eigenvalue weighted by Crippen LogP contribution is -2.11. The molecule has 0 atom stereocenters. The number of hydrogen-bond acceptors (Lipinski definition) is 5. The van der Waals surface area contributed by atoms with E-state index in [1.165, 1.54) is 36.9 Å². The van der Waals surface area contributed by atoms with Crippen LogP contribution in [0.2, 0.25) is 0 Å². The SMILES string of the molecule is C=C/C(=C\C=C(/C)OC(F)(F)F)c1cc(C(=O)OCC)c(SC)c2c1ncn2C. The Morgan fingerprint density at radius 2 is 2.03 bits per heavy atom. The van der Waals surface area contributed by atoms with Gasteiger partial charge < -0.3 is 14.0 Å². The van der Waals surface area contributed by atoms with Crippen molar-refractivity contribution >= 4 is 34.3 Å². The maximum Gasteiger partial charge on any atom is 0.572 e. The molecule has 29 heavy (non-hydrogen) atoms. The van der Waals surface area contributed by atoms with Gasteiger partial charge >= 0.3 is 12.3 Å². The predicted octanol–water partition coefficient (Wildman–Crippen LogP) is 5.48. The predicted molar refractivity (Wildman–Crippen MR) is 108 cm³/mol. The molecule has 0 radical (unpaired) electrons. The van der Waals surface area contributed by atoms with Gasteiger partial charge in [-0.2, -0.15) is 0 Å². The van der Waals surface area contributed by atoms with E-state index in [-0.39, 0.29) is 12.4 Å². The van der Waals surface area contributed by atoms with Gasteiger partial charge in [-0.25, -0.2) is 9.78 Å². The molecule has 9 heteroatoms. The van der Waals surface area contributed by atoms with Crippen LogP contribution in [0.3, 0.4) is 0 Å². The topological polar surface area (TPSA) is 53.4 Å². The summed E-state index contributed by atoms with van der Waals surface area (Å²) in [5.41, 5.74) is 2.70. The first-order valence-electron chi connectivity index (χ1n) is 8.59. The summed E-state index contributed by atoms with van der Waals surface area (Å²) in [5.74, 6) is -0.822. The molecule has 1 heterocycles. The number of nitrogens with zero attached hydrogens (tertiary/aromatic N) is 2. The molecule has 5 nitrogen and oxygen atoms in total. The largest absolute Gasteiger partial charge is 0.572 e. The normalized spacial score (nSPS) is 12.9. The van der Waals surface area contributed by atoms with Crippen molar-refractivity contribution in [2.24, 2.45) is 7.05 Å². The van der Waals surface area contributed by atoms with Gasteiger partial charge in [0.2, 0.25) is 0 Å². The van der Waals surface area contributed by atoms with Crippen LogP contribution in [0, 0.1) is 0 Å². The van der Waals surface area contributed by atoms with Gasteiger partial charge in [0.05, 0.1) is 29.5 Å². The van der Waals surface area contributed by atoms with Crippen LogP contribution in [-0.2, 0) is 16.5 Å². The van der Waals surface area contributed by atoms with Gasteiger partial charge in [0, 0.05) is 17.5 Å². The van der Waals surface area contributed by atoms with Crippen molar-refractivity contribution in [2.45, 2.75) is 25.1 Å². The highest BCUT2D eigenvalue weighted by molar-refractivity contribution is 7.98. The molecule has 1 aromatic heterocycles. The highest BCUT2D eigenvalue weighted by Crippen LogP contribution is 2.35. The molecule has 0 N–H and O–H groups in total. The van der Waals surface area contributed by atoms with Crippen LogP contribution in [0.15, 0.2) is 47.9 Å². The van der Waals surface area contributed by atoms with E-state index in [0.29, 0.717) is 27.1 Å². The number of allylic oxidation sites excluding steroid dienone is 5. The number of alkyl halides is 3. The smallest absolute Gasteiger partial charge is 0.462 e. The Kier molecular flexibility index (Phi) is 7.18. The fraction of sp³-hybridized carbons (Fsp3) is 0.300. The van der Waals surface area contributed by atoms with Gasteiger partial charge in [-0.3, -0.25) is 0 Å². The van der Waals surface area contributed by atoms with Gasteiger partial charge in [-0.05, 0) is 37.8 Å². The Labute approximate surface area is 170 Å². The van der Waals surface area contributed by atoms with E-state index in [0.717, 1.165) is 5.52 Å². The second-order valence-corrected chi connectivity index (χ2v) is 6.75. The molecule has 2 aromatic rings. The Morgan fingerprint density at radius 1 is 1.34 bits per heavy atom. The molecule has 0 saturated heterocycles. The average molecular weight is 426 g/mol. The number of rotatable bonds is 7. The van der Waals surface area contributed by atoms with Crippen molar-refractivity contribution in [3.05, 3.63) is 54.1 Å². The zero-order valence-corrected chi connectivity index (χ0v) is 17.3. The number of benzene rings is 1. The molecular formula is C20H21F3N2O3S. The number of thioether (sulfide) groups is 1. The Bertz CT molecular complexity index is 991. The van der Waals surface area contributed by atoms with E-state index in [1.54, 1.807) is 30.9 Å². The van der Waals surface area contributed by atoms with Crippen molar-refractivity contribution in [2.75, 3.05) is 12.9 Å². The van der Waals surface area contributed by atoms with Gasteiger partial charge in [0.15, 0.2) is 0 Å². The second kappa shape index (κ2) is 9.21. The molecule has 0 aliphatic heterocycles. The summed E-state index contributed by atoms with van der Waals surface area (Å²) in [4.78, 5) is 17.6. The highest BCUT2D eigenvalue weighted by atomic mass is 32.2. The number of hydrogen-bond donors (Lipinski definition) is 0. The lowest BCUT2D eigenvalue weighted by atomic mass is 10.00. The third kappa shape index (κ3) is 5.23. The average Bonchev–Trinajstić information content (AvgIpc) is 3.02. The molecule has 0 fully saturated rings. The second-order valence-electron chi connectivity index (χ2n) is 5.93. The minimum atomic E-state index is -4.77. The fourth-order valence-electron chi connectivity index (χ4n) is 2.78. The highest BCUT2D eigenvalue weighted by Gasteiger charge is 2.30. The van der Waals surface area contributed by atoms with Crippen LogP contribution >= 0.6 is 11.8 Å². The molecule has 1 aromatic carbocycles. The van der Waals surface area contributed by atoms with Crippen molar-refractivity contribution in [1.29, 1.82) is 0 Å². The molecule has 0 bridgehead atoms. The van der Waals surface area contributed by atoms with E-state index in [2.05, 4.69) is 16.3 Å². The molecule has 0 aliphatic rings. The Hall–Kier alpha value is -2.68. The van der Waals surface area contributed by atoms with Crippen LogP contribution in [0.4, 0.5) is 13.2 Å². The summed E-state index contributed by atoms with van der Waals surface area (Å²) in [5, 5.41) is 0. The van der Waals surface area contributed by atoms with Gasteiger partial charge in [-0.1, -0.05) is 18.7 Å². The molecule has 156 valence electrons. The quantitative estimate of drug-likeness (QED) is 0.254. The molecule has 0 saturated carbocycles. The number of carbonyl (C=O) groups excluding carboxylic acids is 1. The Balaban J connectivity index is 2.70. The first kappa shape index (κ1) is 22.6. The van der Waals surface area contributed by atoms with E-state index < -0.39 is 12.3 Å². The summed E-state index contributed by atoms with van der Waals surface area (Å²) in [6, 6.07) is 1.63. The maximum absolute atomic E-state index is 12.5. The zero-order chi connectivity index (χ0) is 21.8. The number of aryl methyl sites for hydroxylation is 1. The van der Waals surface area contributed by atoms with Crippen LogP contribution in [0.5, 0.6) is 0 Å². The Morgan fingerprint density at radius 3 is 2.59 bits per heavy atom. The summed E-state index contributed by atoms with van der Waals surface area (Å²) in [6.07, 6.45) is 2.78. The minimum Gasteiger partial charge on any atom is -0.462 e. The number of aromatic nitrogens is 2. The molecule has 0 aliphatic carbocycles. The van der Waals surface area contributed by atoms with Gasteiger partial charge in [0.1, 0.15) is 5.76 Å². The zero-order valence-electron chi connectivity index (χ0n) is 16.5. The lowest BCUT2D eigenvalue weighted by molar-refractivity contribution is -0.305. The maximum atomic E-state index is 12.5.